The summed E-state index contributed by atoms with van der Waals surface area (Å²) in [6.45, 7) is 0. The van der Waals surface area contributed by atoms with Crippen molar-refractivity contribution in [3.8, 4) is 0 Å². The molecule has 5 rings (SSSR count). The van der Waals surface area contributed by atoms with Crippen LogP contribution in [0, 0.1) is 0 Å². The summed E-state index contributed by atoms with van der Waals surface area (Å²) in [5.41, 5.74) is 3.42. The Balaban J connectivity index is 1.83. The van der Waals surface area contributed by atoms with Crippen LogP contribution in [0.4, 0.5) is 8.78 Å². The lowest BCUT2D eigenvalue weighted by molar-refractivity contribution is -0.705. The first kappa shape index (κ1) is 13.8. The maximum absolute atomic E-state index is 14.6. The number of halogens is 2. The van der Waals surface area contributed by atoms with E-state index in [1.165, 1.54) is 0 Å². The van der Waals surface area contributed by atoms with Crippen molar-refractivity contribution in [3.05, 3.63) is 95.6 Å². The van der Waals surface area contributed by atoms with Crippen molar-refractivity contribution in [1.82, 2.24) is 4.98 Å². The molecule has 1 aromatic heterocycles. The molecule has 0 amide bonds. The maximum atomic E-state index is 14.6. The molecule has 2 aliphatic rings. The number of nitrogens with zero attached hydrogens (tertiary/aromatic N) is 2. The smallest absolute Gasteiger partial charge is 0.252 e. The molecule has 2 aliphatic carbocycles. The summed E-state index contributed by atoms with van der Waals surface area (Å²) >= 11 is 0. The van der Waals surface area contributed by atoms with Crippen LogP contribution in [0.3, 0.4) is 0 Å². The Morgan fingerprint density at radius 3 is 1.71 bits per heavy atom. The van der Waals surface area contributed by atoms with Gasteiger partial charge in [0.05, 0.1) is 24.2 Å². The number of alkyl halides is 2. The molecule has 0 aliphatic heterocycles. The first-order chi connectivity index (χ1) is 11.7. The van der Waals surface area contributed by atoms with Gasteiger partial charge in [0.15, 0.2) is 12.4 Å². The molecule has 0 bridgehead atoms. The molecule has 3 atom stereocenters. The summed E-state index contributed by atoms with van der Waals surface area (Å²) in [6.07, 6.45) is 7.25. The Morgan fingerprint density at radius 2 is 1.21 bits per heavy atom. The van der Waals surface area contributed by atoms with Crippen LogP contribution >= 0.6 is 0 Å². The molecule has 4 heteroatoms. The lowest BCUT2D eigenvalue weighted by Gasteiger charge is -2.18. The molecule has 3 aromatic rings. The molecule has 0 radical (unpaired) electrons. The van der Waals surface area contributed by atoms with Gasteiger partial charge in [0.25, 0.3) is 5.92 Å². The summed E-state index contributed by atoms with van der Waals surface area (Å²) < 4.78 is 31.2. The zero-order valence-electron chi connectivity index (χ0n) is 12.8. The molecule has 118 valence electrons. The molecule has 1 unspecified atom stereocenters. The lowest BCUT2D eigenvalue weighted by atomic mass is 9.92. The van der Waals surface area contributed by atoms with Crippen LogP contribution in [0.1, 0.15) is 40.1 Å². The van der Waals surface area contributed by atoms with Gasteiger partial charge in [-0.05, 0) is 11.1 Å². The zero-order chi connectivity index (χ0) is 16.3. The third-order valence-electron chi connectivity index (χ3n) is 5.25. The fourth-order valence-corrected chi connectivity index (χ4v) is 4.18. The predicted molar refractivity (Wildman–Crippen MR) is 85.0 cm³/mol. The summed E-state index contributed by atoms with van der Waals surface area (Å²) in [5.74, 6) is -4.11. The monoisotopic (exact) mass is 321 g/mol. The van der Waals surface area contributed by atoms with Crippen LogP contribution in [0.25, 0.3) is 0 Å². The minimum absolute atomic E-state index is 0.107. The van der Waals surface area contributed by atoms with E-state index in [-0.39, 0.29) is 6.04 Å². The Labute approximate surface area is 138 Å². The van der Waals surface area contributed by atoms with E-state index in [2.05, 4.69) is 4.98 Å². The van der Waals surface area contributed by atoms with E-state index in [0.717, 1.165) is 22.3 Å². The summed E-state index contributed by atoms with van der Waals surface area (Å²) in [5, 5.41) is 0. The molecular weight excluding hydrogens is 306 g/mol. The van der Waals surface area contributed by atoms with Gasteiger partial charge < -0.3 is 0 Å². The number of fused-ring (bicyclic) bond motifs is 5. The van der Waals surface area contributed by atoms with Gasteiger partial charge in [-0.2, -0.15) is 4.57 Å². The highest BCUT2D eigenvalue weighted by Crippen LogP contribution is 2.69. The van der Waals surface area contributed by atoms with Gasteiger partial charge in [0, 0.05) is 11.1 Å². The molecule has 1 heterocycles. The SMILES string of the molecule is FC1(F)[C@@H]2c3ccccc3C([n+]3ccncc3)c3ccccc3[C@@H]21. The van der Waals surface area contributed by atoms with Crippen molar-refractivity contribution in [2.45, 2.75) is 23.8 Å². The Kier molecular flexibility index (Phi) is 2.70. The van der Waals surface area contributed by atoms with E-state index in [9.17, 15) is 8.78 Å². The van der Waals surface area contributed by atoms with Gasteiger partial charge in [-0.25, -0.2) is 8.78 Å². The highest BCUT2D eigenvalue weighted by molar-refractivity contribution is 5.55. The molecule has 1 fully saturated rings. The van der Waals surface area contributed by atoms with Gasteiger partial charge in [-0.15, -0.1) is 0 Å². The van der Waals surface area contributed by atoms with E-state index in [1.54, 1.807) is 12.4 Å². The fraction of sp³-hybridized carbons (Fsp3) is 0.200. The minimum atomic E-state index is -2.67. The molecule has 1 saturated carbocycles. The second kappa shape index (κ2) is 4.69. The number of benzene rings is 2. The molecule has 0 saturated heterocycles. The fourth-order valence-electron chi connectivity index (χ4n) is 4.18. The third-order valence-corrected chi connectivity index (χ3v) is 5.25. The van der Waals surface area contributed by atoms with Gasteiger partial charge in [-0.1, -0.05) is 48.5 Å². The number of rotatable bonds is 1. The first-order valence-corrected chi connectivity index (χ1v) is 8.06. The minimum Gasteiger partial charge on any atom is -0.252 e. The zero-order valence-corrected chi connectivity index (χ0v) is 12.8. The molecule has 2 aromatic carbocycles. The average Bonchev–Trinajstić information content (AvgIpc) is 3.22. The first-order valence-electron chi connectivity index (χ1n) is 8.06. The highest BCUT2D eigenvalue weighted by Gasteiger charge is 2.71. The van der Waals surface area contributed by atoms with Gasteiger partial charge in [-0.3, -0.25) is 4.98 Å². The topological polar surface area (TPSA) is 16.8 Å². The number of aromatic nitrogens is 2. The van der Waals surface area contributed by atoms with Crippen LogP contribution in [0.15, 0.2) is 73.3 Å². The van der Waals surface area contributed by atoms with Gasteiger partial charge >= 0.3 is 0 Å². The van der Waals surface area contributed by atoms with Crippen LogP contribution in [0.2, 0.25) is 0 Å². The van der Waals surface area contributed by atoms with E-state index in [0.29, 0.717) is 0 Å². The van der Waals surface area contributed by atoms with Crippen molar-refractivity contribution in [3.63, 3.8) is 0 Å². The van der Waals surface area contributed by atoms with Crippen LogP contribution in [0.5, 0.6) is 0 Å². The van der Waals surface area contributed by atoms with Crippen LogP contribution in [-0.2, 0) is 0 Å². The summed E-state index contributed by atoms with van der Waals surface area (Å²) in [6, 6.07) is 15.1. The van der Waals surface area contributed by atoms with E-state index in [4.69, 9.17) is 0 Å². The summed E-state index contributed by atoms with van der Waals surface area (Å²) in [7, 11) is 0. The normalized spacial score (nSPS) is 25.8. The highest BCUT2D eigenvalue weighted by atomic mass is 19.3. The van der Waals surface area contributed by atoms with Gasteiger partial charge in [0.1, 0.15) is 0 Å². The Hall–Kier alpha value is -2.62. The molecule has 0 spiro atoms. The standard InChI is InChI=1S/C20H15F2N2/c21-20(22)17-13-5-1-3-7-15(13)19(24-11-9-23-10-12-24)16-8-4-2-6-14(16)18(17)20/h1-12,17-19H/q+1/t17-,18+,19?. The predicted octanol–water partition coefficient (Wildman–Crippen LogP) is 3.84. The van der Waals surface area contributed by atoms with Crippen LogP contribution in [-0.4, -0.2) is 10.9 Å². The van der Waals surface area contributed by atoms with E-state index < -0.39 is 17.8 Å². The molecular formula is C20H15F2N2+. The van der Waals surface area contributed by atoms with Crippen molar-refractivity contribution < 1.29 is 13.3 Å². The number of hydrogen-bond donors (Lipinski definition) is 0. The second-order valence-corrected chi connectivity index (χ2v) is 6.48. The largest absolute Gasteiger partial charge is 0.263 e. The molecule has 2 nitrogen and oxygen atoms in total. The quantitative estimate of drug-likeness (QED) is 0.622. The van der Waals surface area contributed by atoms with Crippen molar-refractivity contribution in [1.29, 1.82) is 0 Å². The molecule has 24 heavy (non-hydrogen) atoms. The van der Waals surface area contributed by atoms with Crippen LogP contribution < -0.4 is 4.57 Å². The number of hydrogen-bond acceptors (Lipinski definition) is 1. The van der Waals surface area contributed by atoms with Crippen molar-refractivity contribution in [2.75, 3.05) is 0 Å². The molecule has 0 N–H and O–H groups in total. The van der Waals surface area contributed by atoms with E-state index >= 15 is 0 Å². The van der Waals surface area contributed by atoms with Gasteiger partial charge in [0.2, 0.25) is 6.04 Å². The third kappa shape index (κ3) is 1.74. The maximum Gasteiger partial charge on any atom is 0.263 e. The van der Waals surface area contributed by atoms with Crippen molar-refractivity contribution >= 4 is 0 Å². The summed E-state index contributed by atoms with van der Waals surface area (Å²) in [4.78, 5) is 4.08. The van der Waals surface area contributed by atoms with E-state index in [1.807, 2.05) is 65.5 Å². The Morgan fingerprint density at radius 1 is 0.750 bits per heavy atom. The second-order valence-electron chi connectivity index (χ2n) is 6.48. The Bertz CT molecular complexity index is 868. The average molecular weight is 321 g/mol. The lowest BCUT2D eigenvalue weighted by Crippen LogP contribution is -2.41. The van der Waals surface area contributed by atoms with Crippen molar-refractivity contribution in [2.24, 2.45) is 0 Å².